The zero-order valence-electron chi connectivity index (χ0n) is 12.6. The van der Waals surface area contributed by atoms with Crippen LogP contribution in [-0.2, 0) is 11.3 Å². The van der Waals surface area contributed by atoms with Crippen LogP contribution in [0.1, 0.15) is 18.4 Å². The van der Waals surface area contributed by atoms with E-state index in [1.165, 1.54) is 4.90 Å². The van der Waals surface area contributed by atoms with E-state index < -0.39 is 12.2 Å². The van der Waals surface area contributed by atoms with Gasteiger partial charge in [0, 0.05) is 31.5 Å². The van der Waals surface area contributed by atoms with Crippen LogP contribution in [0.25, 0.3) is 0 Å². The molecule has 0 radical (unpaired) electrons. The van der Waals surface area contributed by atoms with Crippen molar-refractivity contribution in [2.45, 2.75) is 25.5 Å². The number of amides is 2. The Bertz CT molecular complexity index is 585. The predicted octanol–water partition coefficient (Wildman–Crippen LogP) is 2.19. The van der Waals surface area contributed by atoms with E-state index in [0.29, 0.717) is 13.0 Å². The van der Waals surface area contributed by atoms with E-state index in [9.17, 15) is 9.59 Å². The third kappa shape index (κ3) is 4.88. The third-order valence-electron chi connectivity index (χ3n) is 3.87. The van der Waals surface area contributed by atoms with Crippen LogP contribution >= 0.6 is 0 Å². The Balaban J connectivity index is 1.86. The summed E-state index contributed by atoms with van der Waals surface area (Å²) in [5, 5.41) is 20.7. The zero-order valence-corrected chi connectivity index (χ0v) is 12.6. The second-order valence-electron chi connectivity index (χ2n) is 5.45. The van der Waals surface area contributed by atoms with E-state index in [0.717, 1.165) is 5.56 Å². The number of carboxylic acid groups (broad SMARTS) is 1. The van der Waals surface area contributed by atoms with Crippen molar-refractivity contribution in [1.29, 1.82) is 5.26 Å². The molecule has 1 heterocycles. The number of hydrogen-bond acceptors (Lipinski definition) is 4. The Hall–Kier alpha value is -2.75. The highest BCUT2D eigenvalue weighted by molar-refractivity contribution is 5.68. The molecule has 0 aromatic heterocycles. The molecule has 0 spiro atoms. The molecule has 0 unspecified atom stereocenters. The van der Waals surface area contributed by atoms with Gasteiger partial charge in [-0.1, -0.05) is 30.3 Å². The van der Waals surface area contributed by atoms with Crippen molar-refractivity contribution in [2.75, 3.05) is 13.1 Å². The van der Waals surface area contributed by atoms with Gasteiger partial charge in [-0.25, -0.2) is 9.59 Å². The first-order valence-electron chi connectivity index (χ1n) is 7.42. The number of nitrogens with zero attached hydrogens (tertiary/aromatic N) is 2. The number of nitriles is 1. The van der Waals surface area contributed by atoms with E-state index in [1.54, 1.807) is 0 Å². The van der Waals surface area contributed by atoms with Gasteiger partial charge in [0.2, 0.25) is 0 Å². The van der Waals surface area contributed by atoms with Crippen molar-refractivity contribution in [2.24, 2.45) is 5.92 Å². The summed E-state index contributed by atoms with van der Waals surface area (Å²) >= 11 is 0. The lowest BCUT2D eigenvalue weighted by Gasteiger charge is -2.36. The van der Waals surface area contributed by atoms with Crippen LogP contribution in [0.3, 0.4) is 0 Å². The van der Waals surface area contributed by atoms with Gasteiger partial charge in [-0.3, -0.25) is 0 Å². The number of likely N-dealkylation sites (tertiary alicyclic amines) is 1. The molecule has 0 bridgehead atoms. The summed E-state index contributed by atoms with van der Waals surface area (Å²) in [6, 6.07) is 11.1. The summed E-state index contributed by atoms with van der Waals surface area (Å²) in [7, 11) is 0. The number of benzene rings is 1. The average Bonchev–Trinajstić information content (AvgIpc) is 2.55. The third-order valence-corrected chi connectivity index (χ3v) is 3.87. The summed E-state index contributed by atoms with van der Waals surface area (Å²) in [6.07, 6.45) is -0.893. The average molecular weight is 317 g/mol. The maximum absolute atomic E-state index is 11.9. The minimum atomic E-state index is -1.00. The predicted molar refractivity (Wildman–Crippen MR) is 81.5 cm³/mol. The lowest BCUT2D eigenvalue weighted by molar-refractivity contribution is 0.0972. The van der Waals surface area contributed by atoms with Crippen LogP contribution in [0, 0.1) is 17.2 Å². The molecule has 23 heavy (non-hydrogen) atoms. The Morgan fingerprint density at radius 1 is 1.39 bits per heavy atom. The van der Waals surface area contributed by atoms with Gasteiger partial charge in [0.25, 0.3) is 0 Å². The highest BCUT2D eigenvalue weighted by Crippen LogP contribution is 2.20. The highest BCUT2D eigenvalue weighted by Gasteiger charge is 2.32. The normalized spacial score (nSPS) is 20.4. The second kappa shape index (κ2) is 8.03. The molecule has 1 fully saturated rings. The van der Waals surface area contributed by atoms with Crippen molar-refractivity contribution in [3.8, 4) is 6.07 Å². The van der Waals surface area contributed by atoms with Gasteiger partial charge >= 0.3 is 12.2 Å². The van der Waals surface area contributed by atoms with E-state index in [1.807, 2.05) is 36.4 Å². The van der Waals surface area contributed by atoms with Crippen molar-refractivity contribution in [1.82, 2.24) is 10.2 Å². The van der Waals surface area contributed by atoms with E-state index in [-0.39, 0.29) is 31.5 Å². The van der Waals surface area contributed by atoms with Crippen LogP contribution in [0.15, 0.2) is 30.3 Å². The molecule has 7 heteroatoms. The molecular formula is C16H19N3O4. The molecule has 1 aromatic carbocycles. The Morgan fingerprint density at radius 2 is 2.13 bits per heavy atom. The first kappa shape index (κ1) is 16.6. The Labute approximate surface area is 134 Å². The minimum absolute atomic E-state index is 0.170. The first-order chi connectivity index (χ1) is 11.1. The van der Waals surface area contributed by atoms with Gasteiger partial charge in [-0.15, -0.1) is 0 Å². The van der Waals surface area contributed by atoms with Crippen LogP contribution in [0.4, 0.5) is 9.59 Å². The van der Waals surface area contributed by atoms with Crippen LogP contribution in [-0.4, -0.2) is 41.3 Å². The SMILES string of the molecule is N#CC[C@H]1CN(C(=O)O)CC[C@@H]1NC(=O)OCc1ccccc1. The van der Waals surface area contributed by atoms with Crippen LogP contribution < -0.4 is 5.32 Å². The van der Waals surface area contributed by atoms with Gasteiger partial charge in [0.15, 0.2) is 0 Å². The molecule has 122 valence electrons. The number of carbonyl (C=O) groups excluding carboxylic acids is 1. The number of piperidine rings is 1. The molecule has 2 atom stereocenters. The molecule has 1 aliphatic rings. The summed E-state index contributed by atoms with van der Waals surface area (Å²) in [4.78, 5) is 24.2. The molecule has 7 nitrogen and oxygen atoms in total. The second-order valence-corrected chi connectivity index (χ2v) is 5.45. The number of rotatable bonds is 4. The number of ether oxygens (including phenoxy) is 1. The lowest BCUT2D eigenvalue weighted by atomic mass is 9.90. The van der Waals surface area contributed by atoms with Gasteiger partial charge in [0.1, 0.15) is 6.61 Å². The summed E-state index contributed by atoms with van der Waals surface area (Å²) in [6.45, 7) is 0.747. The molecule has 0 saturated carbocycles. The topological polar surface area (TPSA) is 103 Å². The Morgan fingerprint density at radius 3 is 2.78 bits per heavy atom. The molecule has 2 rings (SSSR count). The summed E-state index contributed by atoms with van der Waals surface area (Å²) in [5.74, 6) is -0.228. The minimum Gasteiger partial charge on any atom is -0.465 e. The van der Waals surface area contributed by atoms with E-state index in [2.05, 4.69) is 5.32 Å². The zero-order chi connectivity index (χ0) is 16.7. The van der Waals surface area contributed by atoms with Gasteiger partial charge in [0.05, 0.1) is 6.07 Å². The van der Waals surface area contributed by atoms with Crippen molar-refractivity contribution < 1.29 is 19.4 Å². The van der Waals surface area contributed by atoms with E-state index >= 15 is 0 Å². The van der Waals surface area contributed by atoms with Gasteiger partial charge in [-0.2, -0.15) is 5.26 Å². The van der Waals surface area contributed by atoms with Crippen molar-refractivity contribution >= 4 is 12.2 Å². The fourth-order valence-electron chi connectivity index (χ4n) is 2.64. The van der Waals surface area contributed by atoms with Crippen molar-refractivity contribution in [3.05, 3.63) is 35.9 Å². The molecule has 1 aliphatic heterocycles. The largest absolute Gasteiger partial charge is 0.465 e. The van der Waals surface area contributed by atoms with Gasteiger partial charge < -0.3 is 20.1 Å². The molecule has 2 N–H and O–H groups in total. The maximum Gasteiger partial charge on any atom is 0.407 e. The fraction of sp³-hybridized carbons (Fsp3) is 0.438. The van der Waals surface area contributed by atoms with Crippen LogP contribution in [0.5, 0.6) is 0 Å². The molecule has 0 aliphatic carbocycles. The van der Waals surface area contributed by atoms with E-state index in [4.69, 9.17) is 15.1 Å². The quantitative estimate of drug-likeness (QED) is 0.886. The highest BCUT2D eigenvalue weighted by atomic mass is 16.5. The smallest absolute Gasteiger partial charge is 0.407 e. The molecule has 1 aromatic rings. The molecular weight excluding hydrogens is 298 g/mol. The molecule has 2 amide bonds. The van der Waals surface area contributed by atoms with Gasteiger partial charge in [-0.05, 0) is 12.0 Å². The maximum atomic E-state index is 11.9. The summed E-state index contributed by atoms with van der Waals surface area (Å²) < 4.78 is 5.17. The standard InChI is InChI=1S/C16H19N3O4/c17-8-6-13-10-19(16(21)22)9-7-14(13)18-15(20)23-11-12-4-2-1-3-5-12/h1-5,13-14H,6-7,9-11H2,(H,18,20)(H,21,22)/t13-,14-/m0/s1. The molecule has 1 saturated heterocycles. The Kier molecular flexibility index (Phi) is 5.80. The van der Waals surface area contributed by atoms with Crippen LogP contribution in [0.2, 0.25) is 0 Å². The monoisotopic (exact) mass is 317 g/mol. The summed E-state index contributed by atoms with van der Waals surface area (Å²) in [5.41, 5.74) is 0.886. The number of alkyl carbamates (subject to hydrolysis) is 1. The number of carbonyl (C=O) groups is 2. The number of nitrogens with one attached hydrogen (secondary N) is 1. The fourth-order valence-corrected chi connectivity index (χ4v) is 2.64. The first-order valence-corrected chi connectivity index (χ1v) is 7.42. The lowest BCUT2D eigenvalue weighted by Crippen LogP contribution is -2.52. The van der Waals surface area contributed by atoms with Crippen molar-refractivity contribution in [3.63, 3.8) is 0 Å². The number of hydrogen-bond donors (Lipinski definition) is 2.